The summed E-state index contributed by atoms with van der Waals surface area (Å²) in [4.78, 5) is 0. The van der Waals surface area contributed by atoms with Gasteiger partial charge in [0.25, 0.3) is 0 Å². The van der Waals surface area contributed by atoms with Gasteiger partial charge in [-0.15, -0.1) is 0 Å². The number of methoxy groups -OCH3 is 1. The molecular weight excluding hydrogens is 271 g/mol. The molecule has 0 aromatic heterocycles. The molecule has 6 heteroatoms. The van der Waals surface area contributed by atoms with Crippen molar-refractivity contribution in [2.24, 2.45) is 0 Å². The standard InChI is InChI=1S/C14H20F3NO2/c1-3-18-12(6-7-20-9-8-19-2)10-4-5-11(15)14(17)13(10)16/h4-5,12,18H,3,6-9H2,1-2H3. The Hall–Kier alpha value is -1.11. The fourth-order valence-electron chi connectivity index (χ4n) is 1.87. The second kappa shape index (κ2) is 8.94. The molecule has 1 atom stereocenters. The van der Waals surface area contributed by atoms with Crippen LogP contribution >= 0.6 is 0 Å². The van der Waals surface area contributed by atoms with Crippen LogP contribution in [0.4, 0.5) is 13.2 Å². The minimum atomic E-state index is -1.44. The average molecular weight is 291 g/mol. The molecular formula is C14H20F3NO2. The summed E-state index contributed by atoms with van der Waals surface area (Å²) < 4.78 is 50.1. The van der Waals surface area contributed by atoms with Gasteiger partial charge >= 0.3 is 0 Å². The summed E-state index contributed by atoms with van der Waals surface area (Å²) in [6, 6.07) is 1.78. The number of halogens is 3. The third-order valence-electron chi connectivity index (χ3n) is 2.87. The van der Waals surface area contributed by atoms with Crippen molar-refractivity contribution in [3.63, 3.8) is 0 Å². The number of hydrogen-bond acceptors (Lipinski definition) is 3. The number of hydrogen-bond donors (Lipinski definition) is 1. The van der Waals surface area contributed by atoms with Crippen LogP contribution in [0.15, 0.2) is 12.1 Å². The van der Waals surface area contributed by atoms with Crippen LogP contribution in [0.3, 0.4) is 0 Å². The summed E-state index contributed by atoms with van der Waals surface area (Å²) in [5.74, 6) is -3.77. The summed E-state index contributed by atoms with van der Waals surface area (Å²) in [5.41, 5.74) is 0.112. The Morgan fingerprint density at radius 3 is 2.50 bits per heavy atom. The van der Waals surface area contributed by atoms with E-state index in [1.807, 2.05) is 6.92 Å². The van der Waals surface area contributed by atoms with Crippen LogP contribution in [0.2, 0.25) is 0 Å². The second-order valence-electron chi connectivity index (χ2n) is 4.27. The number of rotatable bonds is 9. The number of nitrogens with one attached hydrogen (secondary N) is 1. The predicted octanol–water partition coefficient (Wildman–Crippen LogP) is 2.81. The van der Waals surface area contributed by atoms with Gasteiger partial charge in [-0.25, -0.2) is 13.2 Å². The highest BCUT2D eigenvalue weighted by Crippen LogP contribution is 2.23. The summed E-state index contributed by atoms with van der Waals surface area (Å²) >= 11 is 0. The Morgan fingerprint density at radius 2 is 1.85 bits per heavy atom. The van der Waals surface area contributed by atoms with E-state index in [2.05, 4.69) is 5.32 Å². The first-order chi connectivity index (χ1) is 9.61. The van der Waals surface area contributed by atoms with Gasteiger partial charge in [-0.2, -0.15) is 0 Å². The maximum Gasteiger partial charge on any atom is 0.194 e. The molecule has 0 amide bonds. The average Bonchev–Trinajstić information content (AvgIpc) is 2.44. The lowest BCUT2D eigenvalue weighted by Crippen LogP contribution is -2.24. The zero-order chi connectivity index (χ0) is 15.0. The molecule has 3 nitrogen and oxygen atoms in total. The molecule has 0 heterocycles. The normalized spacial score (nSPS) is 12.7. The van der Waals surface area contributed by atoms with Crippen molar-refractivity contribution in [2.45, 2.75) is 19.4 Å². The van der Waals surface area contributed by atoms with Crippen LogP contribution in [0, 0.1) is 17.5 Å². The quantitative estimate of drug-likeness (QED) is 0.560. The smallest absolute Gasteiger partial charge is 0.194 e. The Morgan fingerprint density at radius 1 is 1.10 bits per heavy atom. The van der Waals surface area contributed by atoms with Crippen molar-refractivity contribution in [1.82, 2.24) is 5.32 Å². The van der Waals surface area contributed by atoms with E-state index in [4.69, 9.17) is 9.47 Å². The van der Waals surface area contributed by atoms with Gasteiger partial charge in [-0.05, 0) is 19.0 Å². The lowest BCUT2D eigenvalue weighted by molar-refractivity contribution is 0.0656. The van der Waals surface area contributed by atoms with Crippen molar-refractivity contribution >= 4 is 0 Å². The van der Waals surface area contributed by atoms with Gasteiger partial charge in [0.15, 0.2) is 17.5 Å². The van der Waals surface area contributed by atoms with Crippen LogP contribution < -0.4 is 5.32 Å². The Balaban J connectivity index is 2.68. The Labute approximate surface area is 117 Å². The van der Waals surface area contributed by atoms with Gasteiger partial charge in [0.1, 0.15) is 0 Å². The van der Waals surface area contributed by atoms with E-state index >= 15 is 0 Å². The van der Waals surface area contributed by atoms with E-state index in [9.17, 15) is 13.2 Å². The Bertz CT molecular complexity index is 416. The molecule has 0 fully saturated rings. The molecule has 1 unspecified atom stereocenters. The highest BCUT2D eigenvalue weighted by molar-refractivity contribution is 5.23. The van der Waals surface area contributed by atoms with E-state index in [-0.39, 0.29) is 5.56 Å². The van der Waals surface area contributed by atoms with E-state index in [0.29, 0.717) is 32.8 Å². The number of ether oxygens (including phenoxy) is 2. The van der Waals surface area contributed by atoms with Crippen LogP contribution in [0.25, 0.3) is 0 Å². The SMILES string of the molecule is CCNC(CCOCCOC)c1ccc(F)c(F)c1F. The van der Waals surface area contributed by atoms with Crippen molar-refractivity contribution in [2.75, 3.05) is 33.5 Å². The molecule has 0 aliphatic heterocycles. The largest absolute Gasteiger partial charge is 0.382 e. The second-order valence-corrected chi connectivity index (χ2v) is 4.27. The summed E-state index contributed by atoms with van der Waals surface area (Å²) in [6.07, 6.45) is 0.458. The summed E-state index contributed by atoms with van der Waals surface area (Å²) in [7, 11) is 1.57. The van der Waals surface area contributed by atoms with Crippen molar-refractivity contribution in [3.05, 3.63) is 35.1 Å². The number of benzene rings is 1. The van der Waals surface area contributed by atoms with E-state index in [1.165, 1.54) is 6.07 Å². The summed E-state index contributed by atoms with van der Waals surface area (Å²) in [5, 5.41) is 3.04. The molecule has 1 aromatic rings. The molecule has 1 rings (SSSR count). The molecule has 0 aliphatic carbocycles. The van der Waals surface area contributed by atoms with Crippen molar-refractivity contribution in [3.8, 4) is 0 Å². The fraction of sp³-hybridized carbons (Fsp3) is 0.571. The van der Waals surface area contributed by atoms with Crippen molar-refractivity contribution < 1.29 is 22.6 Å². The van der Waals surface area contributed by atoms with Crippen LogP contribution in [-0.4, -0.2) is 33.5 Å². The minimum absolute atomic E-state index is 0.112. The molecule has 0 spiro atoms. The third-order valence-corrected chi connectivity index (χ3v) is 2.87. The highest BCUT2D eigenvalue weighted by atomic mass is 19.2. The van der Waals surface area contributed by atoms with Crippen LogP contribution in [0.5, 0.6) is 0 Å². The molecule has 0 bridgehead atoms. The molecule has 20 heavy (non-hydrogen) atoms. The third kappa shape index (κ3) is 4.77. The predicted molar refractivity (Wildman–Crippen MR) is 70.0 cm³/mol. The maximum absolute atomic E-state index is 13.8. The van der Waals surface area contributed by atoms with Gasteiger partial charge in [-0.3, -0.25) is 0 Å². The van der Waals surface area contributed by atoms with Crippen LogP contribution in [0.1, 0.15) is 24.9 Å². The van der Waals surface area contributed by atoms with Gasteiger partial charge in [0.2, 0.25) is 0 Å². The van der Waals surface area contributed by atoms with Gasteiger partial charge in [0.05, 0.1) is 13.2 Å². The fourth-order valence-corrected chi connectivity index (χ4v) is 1.87. The Kier molecular flexibility index (Phi) is 7.58. The van der Waals surface area contributed by atoms with E-state index in [1.54, 1.807) is 7.11 Å². The van der Waals surface area contributed by atoms with Gasteiger partial charge in [-0.1, -0.05) is 13.0 Å². The van der Waals surface area contributed by atoms with E-state index < -0.39 is 23.5 Å². The first-order valence-corrected chi connectivity index (χ1v) is 6.55. The lowest BCUT2D eigenvalue weighted by atomic mass is 10.0. The van der Waals surface area contributed by atoms with Gasteiger partial charge < -0.3 is 14.8 Å². The zero-order valence-electron chi connectivity index (χ0n) is 11.7. The van der Waals surface area contributed by atoms with Crippen LogP contribution in [-0.2, 0) is 9.47 Å². The monoisotopic (exact) mass is 291 g/mol. The molecule has 0 radical (unpaired) electrons. The first-order valence-electron chi connectivity index (χ1n) is 6.55. The molecule has 1 aromatic carbocycles. The highest BCUT2D eigenvalue weighted by Gasteiger charge is 2.20. The van der Waals surface area contributed by atoms with Crippen molar-refractivity contribution in [1.29, 1.82) is 0 Å². The molecule has 114 valence electrons. The summed E-state index contributed by atoms with van der Waals surface area (Å²) in [6.45, 7) is 3.73. The maximum atomic E-state index is 13.8. The minimum Gasteiger partial charge on any atom is -0.382 e. The van der Waals surface area contributed by atoms with Gasteiger partial charge in [0, 0.05) is 25.3 Å². The molecule has 0 saturated heterocycles. The molecule has 0 saturated carbocycles. The topological polar surface area (TPSA) is 30.5 Å². The first kappa shape index (κ1) is 16.9. The molecule has 0 aliphatic rings. The lowest BCUT2D eigenvalue weighted by Gasteiger charge is -2.19. The van der Waals surface area contributed by atoms with E-state index in [0.717, 1.165) is 6.07 Å². The molecule has 1 N–H and O–H groups in total. The zero-order valence-corrected chi connectivity index (χ0v) is 11.7.